The standard InChI is InChI=1S/C14H18N2O3/c1-10-4-6-13(7-5-10)18-11(2)8-12(3)19-14(17)9-16-15/h4-7,9,11-12H,8H2,1-3H3/t11-,12+/m0/s1. The average Bonchev–Trinajstić information content (AvgIpc) is 2.32. The Kier molecular flexibility index (Phi) is 5.76. The third-order valence-corrected chi connectivity index (χ3v) is 2.50. The van der Waals surface area contributed by atoms with Gasteiger partial charge >= 0.3 is 12.2 Å². The van der Waals surface area contributed by atoms with Crippen LogP contribution in [-0.2, 0) is 9.53 Å². The van der Waals surface area contributed by atoms with Crippen molar-refractivity contribution in [3.63, 3.8) is 0 Å². The zero-order valence-electron chi connectivity index (χ0n) is 11.4. The fourth-order valence-electron chi connectivity index (χ4n) is 1.69. The van der Waals surface area contributed by atoms with E-state index in [9.17, 15) is 4.79 Å². The van der Waals surface area contributed by atoms with Crippen LogP contribution in [0.5, 0.6) is 5.75 Å². The van der Waals surface area contributed by atoms with Crippen molar-refractivity contribution in [3.8, 4) is 5.75 Å². The normalized spacial score (nSPS) is 13.0. The maximum atomic E-state index is 11.1. The number of esters is 1. The molecule has 5 nitrogen and oxygen atoms in total. The molecular formula is C14H18N2O3. The van der Waals surface area contributed by atoms with Crippen LogP contribution in [0.1, 0.15) is 25.8 Å². The van der Waals surface area contributed by atoms with Gasteiger partial charge in [0.05, 0.1) is 6.10 Å². The van der Waals surface area contributed by atoms with Gasteiger partial charge in [0.15, 0.2) is 0 Å². The van der Waals surface area contributed by atoms with Gasteiger partial charge in [-0.1, -0.05) is 17.7 Å². The quantitative estimate of drug-likeness (QED) is 0.342. The zero-order chi connectivity index (χ0) is 14.3. The van der Waals surface area contributed by atoms with Crippen LogP contribution in [0.2, 0.25) is 0 Å². The lowest BCUT2D eigenvalue weighted by atomic mass is 10.2. The van der Waals surface area contributed by atoms with Crippen LogP contribution in [-0.4, -0.2) is 29.2 Å². The predicted octanol–water partition coefficient (Wildman–Crippen LogP) is 2.38. The van der Waals surface area contributed by atoms with E-state index in [4.69, 9.17) is 15.0 Å². The fraction of sp³-hybridized carbons (Fsp3) is 0.429. The Morgan fingerprint density at radius 3 is 2.53 bits per heavy atom. The highest BCUT2D eigenvalue weighted by atomic mass is 16.5. The molecule has 1 aromatic carbocycles. The van der Waals surface area contributed by atoms with Gasteiger partial charge in [-0.05, 0) is 32.9 Å². The highest BCUT2D eigenvalue weighted by Gasteiger charge is 2.15. The second-order valence-electron chi connectivity index (χ2n) is 4.47. The van der Waals surface area contributed by atoms with E-state index < -0.39 is 5.97 Å². The smallest absolute Gasteiger partial charge is 0.413 e. The minimum Gasteiger partial charge on any atom is -0.491 e. The van der Waals surface area contributed by atoms with Crippen molar-refractivity contribution in [2.75, 3.05) is 0 Å². The van der Waals surface area contributed by atoms with Crippen molar-refractivity contribution in [1.29, 1.82) is 0 Å². The molecule has 0 bridgehead atoms. The molecule has 0 spiro atoms. The van der Waals surface area contributed by atoms with Crippen LogP contribution in [0.4, 0.5) is 0 Å². The second kappa shape index (κ2) is 7.34. The van der Waals surface area contributed by atoms with Crippen molar-refractivity contribution in [2.45, 2.75) is 39.4 Å². The van der Waals surface area contributed by atoms with E-state index in [0.29, 0.717) is 6.42 Å². The summed E-state index contributed by atoms with van der Waals surface area (Å²) in [7, 11) is 0. The lowest BCUT2D eigenvalue weighted by molar-refractivity contribution is -0.144. The summed E-state index contributed by atoms with van der Waals surface area (Å²) < 4.78 is 10.7. The van der Waals surface area contributed by atoms with E-state index >= 15 is 0 Å². The third kappa shape index (κ3) is 5.84. The van der Waals surface area contributed by atoms with Gasteiger partial charge in [-0.25, -0.2) is 4.79 Å². The van der Waals surface area contributed by atoms with Crippen LogP contribution in [0.25, 0.3) is 5.53 Å². The second-order valence-corrected chi connectivity index (χ2v) is 4.47. The summed E-state index contributed by atoms with van der Waals surface area (Å²) in [6.45, 7) is 5.68. The summed E-state index contributed by atoms with van der Waals surface area (Å²) >= 11 is 0. The first-order valence-corrected chi connectivity index (χ1v) is 6.12. The molecule has 0 aromatic heterocycles. The van der Waals surface area contributed by atoms with Crippen molar-refractivity contribution >= 4 is 12.2 Å². The highest BCUT2D eigenvalue weighted by molar-refractivity contribution is 6.20. The third-order valence-electron chi connectivity index (χ3n) is 2.50. The van der Waals surface area contributed by atoms with Crippen LogP contribution in [0, 0.1) is 6.92 Å². The largest absolute Gasteiger partial charge is 0.491 e. The molecule has 2 atom stereocenters. The number of ether oxygens (including phenoxy) is 2. The summed E-state index contributed by atoms with van der Waals surface area (Å²) in [5, 5.41) is 0. The molecule has 0 radical (unpaired) electrons. The Labute approximate surface area is 112 Å². The summed E-state index contributed by atoms with van der Waals surface area (Å²) in [5.74, 6) is 0.117. The number of aryl methyl sites for hydroxylation is 1. The molecule has 5 heteroatoms. The van der Waals surface area contributed by atoms with Gasteiger partial charge in [-0.2, -0.15) is 4.79 Å². The molecular weight excluding hydrogens is 244 g/mol. The maximum absolute atomic E-state index is 11.1. The Morgan fingerprint density at radius 2 is 1.95 bits per heavy atom. The summed E-state index contributed by atoms with van der Waals surface area (Å²) in [5.41, 5.74) is 9.36. The topological polar surface area (TPSA) is 71.9 Å². The van der Waals surface area contributed by atoms with Crippen molar-refractivity contribution < 1.29 is 19.1 Å². The molecule has 1 aromatic rings. The van der Waals surface area contributed by atoms with E-state index in [1.807, 2.05) is 38.1 Å². The molecule has 0 unspecified atom stereocenters. The number of benzene rings is 1. The van der Waals surface area contributed by atoms with E-state index in [1.54, 1.807) is 6.92 Å². The average molecular weight is 262 g/mol. The monoisotopic (exact) mass is 262 g/mol. The first-order chi connectivity index (χ1) is 9.01. The molecule has 0 fully saturated rings. The molecule has 0 saturated carbocycles. The van der Waals surface area contributed by atoms with E-state index in [1.165, 1.54) is 5.56 Å². The molecule has 0 aliphatic rings. The predicted molar refractivity (Wildman–Crippen MR) is 71.1 cm³/mol. The number of hydrogen-bond acceptors (Lipinski definition) is 3. The SMILES string of the molecule is Cc1ccc(O[C@@H](C)C[C@@H](C)OC(=O)C=[N+]=[N-])cc1. The van der Waals surface area contributed by atoms with E-state index in [2.05, 4.69) is 4.79 Å². The molecule has 0 amide bonds. The van der Waals surface area contributed by atoms with Gasteiger partial charge < -0.3 is 15.0 Å². The Bertz CT molecular complexity index is 464. The number of hydrogen-bond donors (Lipinski definition) is 0. The van der Waals surface area contributed by atoms with E-state index in [-0.39, 0.29) is 12.2 Å². The minimum absolute atomic E-state index is 0.0865. The number of nitrogens with zero attached hydrogens (tertiary/aromatic N) is 2. The summed E-state index contributed by atoms with van der Waals surface area (Å²) in [6.07, 6.45) is 0.878. The van der Waals surface area contributed by atoms with Gasteiger partial charge in [-0.15, -0.1) is 0 Å². The Hall–Kier alpha value is -2.13. The summed E-state index contributed by atoms with van der Waals surface area (Å²) in [4.78, 5) is 13.7. The van der Waals surface area contributed by atoms with Crippen molar-refractivity contribution in [3.05, 3.63) is 35.4 Å². The molecule has 1 rings (SSSR count). The first-order valence-electron chi connectivity index (χ1n) is 6.12. The first kappa shape index (κ1) is 14.9. The van der Waals surface area contributed by atoms with Crippen molar-refractivity contribution in [1.82, 2.24) is 0 Å². The number of carbonyl (C=O) groups excluding carboxylic acids is 1. The molecule has 0 aliphatic carbocycles. The Balaban J connectivity index is 2.42. The lowest BCUT2D eigenvalue weighted by Crippen LogP contribution is -2.23. The zero-order valence-corrected chi connectivity index (χ0v) is 11.4. The summed E-state index contributed by atoms with van der Waals surface area (Å²) in [6, 6.07) is 7.76. The van der Waals surface area contributed by atoms with Gasteiger partial charge in [0.2, 0.25) is 0 Å². The maximum Gasteiger partial charge on any atom is 0.413 e. The molecule has 0 aliphatic heterocycles. The molecule has 0 heterocycles. The molecule has 19 heavy (non-hydrogen) atoms. The Morgan fingerprint density at radius 1 is 1.32 bits per heavy atom. The number of carbonyl (C=O) groups is 1. The lowest BCUT2D eigenvalue weighted by Gasteiger charge is -2.18. The fourth-order valence-corrected chi connectivity index (χ4v) is 1.69. The molecule has 0 N–H and O–H groups in total. The number of rotatable bonds is 6. The minimum atomic E-state index is -0.669. The molecule has 0 saturated heterocycles. The van der Waals surface area contributed by atoms with Crippen LogP contribution in [0.15, 0.2) is 24.3 Å². The van der Waals surface area contributed by atoms with Gasteiger partial charge in [-0.3, -0.25) is 0 Å². The van der Waals surface area contributed by atoms with Gasteiger partial charge in [0.1, 0.15) is 11.9 Å². The van der Waals surface area contributed by atoms with Crippen LogP contribution >= 0.6 is 0 Å². The van der Waals surface area contributed by atoms with Crippen LogP contribution in [0.3, 0.4) is 0 Å². The van der Waals surface area contributed by atoms with Crippen LogP contribution < -0.4 is 4.74 Å². The van der Waals surface area contributed by atoms with Gasteiger partial charge in [0, 0.05) is 6.42 Å². The van der Waals surface area contributed by atoms with Crippen molar-refractivity contribution in [2.24, 2.45) is 0 Å². The van der Waals surface area contributed by atoms with Gasteiger partial charge in [0.25, 0.3) is 0 Å². The van der Waals surface area contributed by atoms with E-state index in [0.717, 1.165) is 12.0 Å². The highest BCUT2D eigenvalue weighted by Crippen LogP contribution is 2.15. The molecule has 102 valence electrons.